The van der Waals surface area contributed by atoms with E-state index in [1.165, 1.54) is 0 Å². The van der Waals surface area contributed by atoms with E-state index < -0.39 is 5.54 Å². The van der Waals surface area contributed by atoms with Gasteiger partial charge in [0.1, 0.15) is 5.54 Å². The van der Waals surface area contributed by atoms with Crippen molar-refractivity contribution in [3.8, 4) is 0 Å². The van der Waals surface area contributed by atoms with Gasteiger partial charge < -0.3 is 20.4 Å². The van der Waals surface area contributed by atoms with Crippen molar-refractivity contribution in [1.29, 1.82) is 0 Å². The minimum Gasteiger partial charge on any atom is -0.351 e. The SMILES string of the molecule is Cc1cccc(C(=O)NCCN2CCC3(CC2)C(=O)NCN3c2ccccc2)c1. The number of piperidine rings is 1. The lowest BCUT2D eigenvalue weighted by Gasteiger charge is -2.43. The van der Waals surface area contributed by atoms with E-state index in [0.717, 1.165) is 43.7 Å². The van der Waals surface area contributed by atoms with Gasteiger partial charge in [-0.1, -0.05) is 35.9 Å². The molecule has 2 amide bonds. The number of nitrogens with zero attached hydrogens (tertiary/aromatic N) is 2. The number of benzene rings is 2. The number of para-hydroxylation sites is 1. The number of amides is 2. The van der Waals surface area contributed by atoms with Crippen LogP contribution >= 0.6 is 0 Å². The number of nitrogens with one attached hydrogen (secondary N) is 2. The quantitative estimate of drug-likeness (QED) is 0.819. The Morgan fingerprint density at radius 3 is 2.59 bits per heavy atom. The normalized spacial score (nSPS) is 18.7. The highest BCUT2D eigenvalue weighted by atomic mass is 16.2. The average molecular weight is 393 g/mol. The molecule has 2 aromatic carbocycles. The largest absolute Gasteiger partial charge is 0.351 e. The maximum atomic E-state index is 12.7. The molecule has 0 bridgehead atoms. The highest BCUT2D eigenvalue weighted by molar-refractivity contribution is 5.94. The van der Waals surface area contributed by atoms with Crippen LogP contribution in [-0.2, 0) is 4.79 Å². The number of carbonyl (C=O) groups excluding carboxylic acids is 2. The molecule has 0 unspecified atom stereocenters. The van der Waals surface area contributed by atoms with Crippen LogP contribution in [0.15, 0.2) is 54.6 Å². The maximum Gasteiger partial charge on any atom is 0.251 e. The van der Waals surface area contributed by atoms with Crippen molar-refractivity contribution in [3.63, 3.8) is 0 Å². The Bertz CT molecular complexity index is 875. The minimum absolute atomic E-state index is 0.0346. The standard InChI is InChI=1S/C23H28N4O2/c1-18-6-5-7-19(16-18)21(28)24-12-15-26-13-10-23(11-14-26)22(29)25-17-27(23)20-8-3-2-4-9-20/h2-9,16H,10-15,17H2,1H3,(H,24,28)(H,25,29). The van der Waals surface area contributed by atoms with Crippen LogP contribution in [0.25, 0.3) is 0 Å². The molecule has 1 spiro atoms. The van der Waals surface area contributed by atoms with Crippen molar-refractivity contribution in [2.75, 3.05) is 37.7 Å². The van der Waals surface area contributed by atoms with Crippen molar-refractivity contribution in [2.45, 2.75) is 25.3 Å². The highest BCUT2D eigenvalue weighted by Gasteiger charge is 2.50. The smallest absolute Gasteiger partial charge is 0.251 e. The van der Waals surface area contributed by atoms with E-state index in [9.17, 15) is 9.59 Å². The molecule has 0 atom stereocenters. The van der Waals surface area contributed by atoms with E-state index in [0.29, 0.717) is 18.8 Å². The second-order valence-electron chi connectivity index (χ2n) is 7.93. The summed E-state index contributed by atoms with van der Waals surface area (Å²) in [5.74, 6) is 0.0985. The minimum atomic E-state index is -0.456. The fourth-order valence-corrected chi connectivity index (χ4v) is 4.40. The first-order valence-electron chi connectivity index (χ1n) is 10.3. The summed E-state index contributed by atoms with van der Waals surface area (Å²) in [4.78, 5) is 29.5. The summed E-state index contributed by atoms with van der Waals surface area (Å²) < 4.78 is 0. The summed E-state index contributed by atoms with van der Waals surface area (Å²) in [7, 11) is 0. The van der Waals surface area contributed by atoms with Crippen molar-refractivity contribution in [1.82, 2.24) is 15.5 Å². The van der Waals surface area contributed by atoms with E-state index in [1.54, 1.807) is 0 Å². The summed E-state index contributed by atoms with van der Waals surface area (Å²) in [6.45, 7) is 5.64. The third kappa shape index (κ3) is 3.98. The fraction of sp³-hybridized carbons (Fsp3) is 0.391. The first-order chi connectivity index (χ1) is 14.1. The van der Waals surface area contributed by atoms with Crippen LogP contribution in [0.3, 0.4) is 0 Å². The molecule has 0 saturated carbocycles. The number of likely N-dealkylation sites (tertiary alicyclic amines) is 1. The molecule has 2 aliphatic rings. The van der Waals surface area contributed by atoms with Crippen molar-refractivity contribution in [3.05, 3.63) is 65.7 Å². The van der Waals surface area contributed by atoms with Crippen molar-refractivity contribution in [2.24, 2.45) is 0 Å². The molecule has 6 heteroatoms. The van der Waals surface area contributed by atoms with Crippen molar-refractivity contribution < 1.29 is 9.59 Å². The van der Waals surface area contributed by atoms with Gasteiger partial charge in [-0.15, -0.1) is 0 Å². The van der Waals surface area contributed by atoms with Crippen molar-refractivity contribution >= 4 is 17.5 Å². The lowest BCUT2D eigenvalue weighted by atomic mass is 9.85. The van der Waals surface area contributed by atoms with Crippen LogP contribution in [0.1, 0.15) is 28.8 Å². The first kappa shape index (κ1) is 19.5. The second-order valence-corrected chi connectivity index (χ2v) is 7.93. The molecule has 152 valence electrons. The monoisotopic (exact) mass is 392 g/mol. The number of rotatable bonds is 5. The van der Waals surface area contributed by atoms with Gasteiger partial charge in [0.15, 0.2) is 0 Å². The molecule has 6 nitrogen and oxygen atoms in total. The Morgan fingerprint density at radius 2 is 1.86 bits per heavy atom. The van der Waals surface area contributed by atoms with Gasteiger partial charge in [-0.25, -0.2) is 0 Å². The van der Waals surface area contributed by atoms with Crippen LogP contribution in [0, 0.1) is 6.92 Å². The zero-order valence-corrected chi connectivity index (χ0v) is 16.9. The van der Waals surface area contributed by atoms with Gasteiger partial charge in [0.25, 0.3) is 5.91 Å². The van der Waals surface area contributed by atoms with Gasteiger partial charge >= 0.3 is 0 Å². The fourth-order valence-electron chi connectivity index (χ4n) is 4.40. The molecule has 2 saturated heterocycles. The molecule has 2 fully saturated rings. The van der Waals surface area contributed by atoms with E-state index in [4.69, 9.17) is 0 Å². The number of hydrogen-bond donors (Lipinski definition) is 2. The topological polar surface area (TPSA) is 64.7 Å². The van der Waals surface area contributed by atoms with Crippen LogP contribution < -0.4 is 15.5 Å². The summed E-state index contributed by atoms with van der Waals surface area (Å²) in [5, 5.41) is 6.04. The molecule has 0 aromatic heterocycles. The van der Waals surface area contributed by atoms with E-state index in [2.05, 4.69) is 32.6 Å². The molecule has 2 N–H and O–H groups in total. The molecule has 0 aliphatic carbocycles. The molecule has 4 rings (SSSR count). The molecule has 2 heterocycles. The zero-order chi connectivity index (χ0) is 20.3. The lowest BCUT2D eigenvalue weighted by molar-refractivity contribution is -0.125. The summed E-state index contributed by atoms with van der Waals surface area (Å²) in [6, 6.07) is 17.8. The average Bonchev–Trinajstić information content (AvgIpc) is 3.06. The van der Waals surface area contributed by atoms with Gasteiger partial charge in [-0.2, -0.15) is 0 Å². The molecular weight excluding hydrogens is 364 g/mol. The molecule has 29 heavy (non-hydrogen) atoms. The maximum absolute atomic E-state index is 12.7. The second kappa shape index (κ2) is 8.25. The number of hydrogen-bond acceptors (Lipinski definition) is 4. The number of aryl methyl sites for hydroxylation is 1. The third-order valence-electron chi connectivity index (χ3n) is 6.08. The molecule has 2 aliphatic heterocycles. The molecule has 2 aromatic rings. The third-order valence-corrected chi connectivity index (χ3v) is 6.08. The number of anilines is 1. The lowest BCUT2D eigenvalue weighted by Crippen LogP contribution is -2.57. The van der Waals surface area contributed by atoms with E-state index in [-0.39, 0.29) is 11.8 Å². The Hall–Kier alpha value is -2.86. The van der Waals surface area contributed by atoms with E-state index >= 15 is 0 Å². The predicted octanol–water partition coefficient (Wildman–Crippen LogP) is 2.15. The predicted molar refractivity (Wildman–Crippen MR) is 114 cm³/mol. The van der Waals surface area contributed by atoms with Gasteiger partial charge in [0.2, 0.25) is 5.91 Å². The van der Waals surface area contributed by atoms with Crippen LogP contribution in [0.5, 0.6) is 0 Å². The Kier molecular flexibility index (Phi) is 5.53. The van der Waals surface area contributed by atoms with Gasteiger partial charge in [-0.05, 0) is 44.0 Å². The molecular formula is C23H28N4O2. The summed E-state index contributed by atoms with van der Waals surface area (Å²) in [5.41, 5.74) is 2.41. The van der Waals surface area contributed by atoms with Crippen LogP contribution in [0.2, 0.25) is 0 Å². The summed E-state index contributed by atoms with van der Waals surface area (Å²) >= 11 is 0. The Labute approximate surface area is 171 Å². The van der Waals surface area contributed by atoms with Crippen LogP contribution in [-0.4, -0.2) is 55.1 Å². The van der Waals surface area contributed by atoms with E-state index in [1.807, 2.05) is 49.4 Å². The Balaban J connectivity index is 1.31. The summed E-state index contributed by atoms with van der Waals surface area (Å²) in [6.07, 6.45) is 1.58. The first-order valence-corrected chi connectivity index (χ1v) is 10.3. The van der Waals surface area contributed by atoms with Gasteiger partial charge in [0, 0.05) is 37.4 Å². The Morgan fingerprint density at radius 1 is 1.10 bits per heavy atom. The highest BCUT2D eigenvalue weighted by Crippen LogP contribution is 2.35. The van der Waals surface area contributed by atoms with Gasteiger partial charge in [0.05, 0.1) is 6.67 Å². The van der Waals surface area contributed by atoms with Gasteiger partial charge in [-0.3, -0.25) is 9.59 Å². The zero-order valence-electron chi connectivity index (χ0n) is 16.9. The van der Waals surface area contributed by atoms with Crippen LogP contribution in [0.4, 0.5) is 5.69 Å². The molecule has 0 radical (unpaired) electrons. The number of carbonyl (C=O) groups is 2.